The van der Waals surface area contributed by atoms with Crippen molar-refractivity contribution in [2.75, 3.05) is 17.7 Å². The van der Waals surface area contributed by atoms with Gasteiger partial charge >= 0.3 is 6.09 Å². The molecular formula is C20H18N2O3. The molecule has 3 aromatic carbocycles. The summed E-state index contributed by atoms with van der Waals surface area (Å²) in [7, 11) is 1.44. The fourth-order valence-corrected chi connectivity index (χ4v) is 2.52. The van der Waals surface area contributed by atoms with E-state index in [2.05, 4.69) is 0 Å². The van der Waals surface area contributed by atoms with Crippen molar-refractivity contribution in [1.82, 2.24) is 0 Å². The van der Waals surface area contributed by atoms with Gasteiger partial charge in [-0.25, -0.2) is 4.79 Å². The average Bonchev–Trinajstić information content (AvgIpc) is 2.64. The lowest BCUT2D eigenvalue weighted by Crippen LogP contribution is -2.24. The molecule has 0 saturated carbocycles. The summed E-state index contributed by atoms with van der Waals surface area (Å²) in [5.74, 6) is 1.20. The Labute approximate surface area is 145 Å². The Hall–Kier alpha value is -3.47. The third-order valence-corrected chi connectivity index (χ3v) is 3.85. The van der Waals surface area contributed by atoms with Crippen LogP contribution in [0.4, 0.5) is 16.2 Å². The molecule has 0 radical (unpaired) electrons. The average molecular weight is 334 g/mol. The minimum absolute atomic E-state index is 0.369. The first-order valence-electron chi connectivity index (χ1n) is 7.75. The number of anilines is 2. The molecule has 0 aliphatic carbocycles. The van der Waals surface area contributed by atoms with Crippen molar-refractivity contribution in [1.29, 1.82) is 0 Å². The Morgan fingerprint density at radius 2 is 1.68 bits per heavy atom. The number of carboxylic acid groups (broad SMARTS) is 1. The molecule has 3 N–H and O–H groups in total. The molecule has 5 heteroatoms. The monoisotopic (exact) mass is 334 g/mol. The highest BCUT2D eigenvalue weighted by Gasteiger charge is 2.14. The minimum atomic E-state index is -1.09. The number of hydrogen-bond acceptors (Lipinski definition) is 3. The Morgan fingerprint density at radius 1 is 1.00 bits per heavy atom. The van der Waals surface area contributed by atoms with Crippen LogP contribution in [0.3, 0.4) is 0 Å². The largest absolute Gasteiger partial charge is 0.465 e. The normalized spacial score (nSPS) is 10.3. The first-order valence-corrected chi connectivity index (χ1v) is 7.75. The lowest BCUT2D eigenvalue weighted by atomic mass is 10.0. The van der Waals surface area contributed by atoms with Crippen LogP contribution >= 0.6 is 0 Å². The van der Waals surface area contributed by atoms with E-state index >= 15 is 0 Å². The molecule has 3 rings (SSSR count). The number of nitrogens with zero attached hydrogens (tertiary/aromatic N) is 1. The summed E-state index contributed by atoms with van der Waals surface area (Å²) in [4.78, 5) is 12.3. The molecule has 0 heterocycles. The van der Waals surface area contributed by atoms with Crippen molar-refractivity contribution >= 4 is 17.5 Å². The van der Waals surface area contributed by atoms with Gasteiger partial charge in [0.05, 0.1) is 11.4 Å². The van der Waals surface area contributed by atoms with E-state index < -0.39 is 6.09 Å². The summed E-state index contributed by atoms with van der Waals surface area (Å²) in [5.41, 5.74) is 8.62. The first kappa shape index (κ1) is 16.4. The van der Waals surface area contributed by atoms with Gasteiger partial charge in [0.15, 0.2) is 0 Å². The number of rotatable bonds is 4. The predicted molar refractivity (Wildman–Crippen MR) is 99.2 cm³/mol. The van der Waals surface area contributed by atoms with Crippen LogP contribution in [0.5, 0.6) is 11.5 Å². The molecule has 0 aliphatic rings. The molecule has 0 atom stereocenters. The van der Waals surface area contributed by atoms with Gasteiger partial charge in [-0.05, 0) is 23.8 Å². The lowest BCUT2D eigenvalue weighted by Gasteiger charge is -2.17. The summed E-state index contributed by atoms with van der Waals surface area (Å²) in [6.07, 6.45) is -1.09. The van der Waals surface area contributed by atoms with E-state index in [9.17, 15) is 4.79 Å². The van der Waals surface area contributed by atoms with Crippen molar-refractivity contribution in [3.8, 4) is 22.6 Å². The molecule has 0 fully saturated rings. The third kappa shape index (κ3) is 3.55. The molecule has 1 amide bonds. The van der Waals surface area contributed by atoms with Gasteiger partial charge in [0.25, 0.3) is 0 Å². The van der Waals surface area contributed by atoms with Crippen molar-refractivity contribution < 1.29 is 14.6 Å². The summed E-state index contributed by atoms with van der Waals surface area (Å²) >= 11 is 0. The number of nitrogens with two attached hydrogens (primary N) is 1. The van der Waals surface area contributed by atoms with E-state index in [1.165, 1.54) is 7.05 Å². The second-order valence-corrected chi connectivity index (χ2v) is 5.53. The maximum atomic E-state index is 11.2. The zero-order chi connectivity index (χ0) is 17.8. The van der Waals surface area contributed by atoms with E-state index in [1.54, 1.807) is 18.2 Å². The van der Waals surface area contributed by atoms with Crippen LogP contribution in [0.2, 0.25) is 0 Å². The third-order valence-electron chi connectivity index (χ3n) is 3.85. The second kappa shape index (κ2) is 6.97. The number of hydrogen-bond donors (Lipinski definition) is 2. The molecule has 0 aliphatic heterocycles. The van der Waals surface area contributed by atoms with Crippen LogP contribution in [0.1, 0.15) is 0 Å². The number of amides is 1. The minimum Gasteiger partial charge on any atom is -0.465 e. The highest BCUT2D eigenvalue weighted by molar-refractivity contribution is 5.90. The molecule has 3 aromatic rings. The van der Waals surface area contributed by atoms with Crippen LogP contribution < -0.4 is 15.4 Å². The molecule has 0 aromatic heterocycles. The SMILES string of the molecule is CN(C(=O)O)c1cc(Oc2ccccc2-c2ccccc2)ccc1N. The molecule has 0 spiro atoms. The zero-order valence-electron chi connectivity index (χ0n) is 13.7. The van der Waals surface area contributed by atoms with E-state index in [-0.39, 0.29) is 0 Å². The Morgan fingerprint density at radius 3 is 2.40 bits per heavy atom. The highest BCUT2D eigenvalue weighted by atomic mass is 16.5. The van der Waals surface area contributed by atoms with E-state index in [4.69, 9.17) is 15.6 Å². The van der Waals surface area contributed by atoms with Crippen molar-refractivity contribution in [3.05, 3.63) is 72.8 Å². The Balaban J connectivity index is 1.97. The number of benzene rings is 3. The Kier molecular flexibility index (Phi) is 4.57. The number of carbonyl (C=O) groups is 1. The molecule has 126 valence electrons. The fraction of sp³-hybridized carbons (Fsp3) is 0.0500. The van der Waals surface area contributed by atoms with Crippen LogP contribution in [-0.2, 0) is 0 Å². The molecule has 5 nitrogen and oxygen atoms in total. The maximum absolute atomic E-state index is 11.2. The van der Waals surface area contributed by atoms with Crippen LogP contribution in [0, 0.1) is 0 Å². The van der Waals surface area contributed by atoms with Crippen LogP contribution in [0.25, 0.3) is 11.1 Å². The van der Waals surface area contributed by atoms with Gasteiger partial charge in [-0.2, -0.15) is 0 Å². The Bertz CT molecular complexity index is 894. The standard InChI is InChI=1S/C20H18N2O3/c1-22(20(23)24)18-13-15(11-12-17(18)21)25-19-10-6-5-9-16(19)14-7-3-2-4-8-14/h2-13H,21H2,1H3,(H,23,24). The van der Waals surface area contributed by atoms with E-state index in [1.807, 2.05) is 54.6 Å². The molecule has 0 saturated heterocycles. The van der Waals surface area contributed by atoms with Crippen molar-refractivity contribution in [2.45, 2.75) is 0 Å². The first-order chi connectivity index (χ1) is 12.1. The van der Waals surface area contributed by atoms with Gasteiger partial charge < -0.3 is 15.6 Å². The predicted octanol–water partition coefficient (Wildman–Crippen LogP) is 4.84. The quantitative estimate of drug-likeness (QED) is 0.669. The lowest BCUT2D eigenvalue weighted by molar-refractivity contribution is 0.203. The zero-order valence-corrected chi connectivity index (χ0v) is 13.7. The van der Waals surface area contributed by atoms with Crippen molar-refractivity contribution in [3.63, 3.8) is 0 Å². The van der Waals surface area contributed by atoms with Gasteiger partial charge in [-0.1, -0.05) is 48.5 Å². The van der Waals surface area contributed by atoms with Gasteiger partial charge in [-0.15, -0.1) is 0 Å². The van der Waals surface area contributed by atoms with Crippen molar-refractivity contribution in [2.24, 2.45) is 0 Å². The molecule has 0 unspecified atom stereocenters. The fourth-order valence-electron chi connectivity index (χ4n) is 2.52. The number of nitrogen functional groups attached to an aromatic ring is 1. The van der Waals surface area contributed by atoms with Gasteiger partial charge in [0.1, 0.15) is 11.5 Å². The highest BCUT2D eigenvalue weighted by Crippen LogP contribution is 2.35. The van der Waals surface area contributed by atoms with Crippen LogP contribution in [0.15, 0.2) is 72.8 Å². The van der Waals surface area contributed by atoms with Gasteiger partial charge in [0, 0.05) is 18.7 Å². The number of para-hydroxylation sites is 1. The maximum Gasteiger partial charge on any atom is 0.411 e. The summed E-state index contributed by atoms with van der Waals surface area (Å²) in [6, 6.07) is 22.6. The van der Waals surface area contributed by atoms with E-state index in [0.29, 0.717) is 22.9 Å². The number of ether oxygens (including phenoxy) is 1. The summed E-state index contributed by atoms with van der Waals surface area (Å²) in [5, 5.41) is 9.16. The molecule has 25 heavy (non-hydrogen) atoms. The summed E-state index contributed by atoms with van der Waals surface area (Å²) < 4.78 is 6.01. The van der Waals surface area contributed by atoms with Gasteiger partial charge in [0.2, 0.25) is 0 Å². The smallest absolute Gasteiger partial charge is 0.411 e. The van der Waals surface area contributed by atoms with Gasteiger partial charge in [-0.3, -0.25) is 4.90 Å². The molecular weight excluding hydrogens is 316 g/mol. The van der Waals surface area contributed by atoms with E-state index in [0.717, 1.165) is 16.0 Å². The molecule has 0 bridgehead atoms. The topological polar surface area (TPSA) is 75.8 Å². The second-order valence-electron chi connectivity index (χ2n) is 5.53. The van der Waals surface area contributed by atoms with Crippen LogP contribution in [-0.4, -0.2) is 18.2 Å². The summed E-state index contributed by atoms with van der Waals surface area (Å²) in [6.45, 7) is 0.